The maximum atomic E-state index is 11.7. The number of hydrogen-bond donors (Lipinski definition) is 2. The van der Waals surface area contributed by atoms with Gasteiger partial charge in [-0.05, 0) is 44.2 Å². The molecule has 1 amide bonds. The molecule has 0 saturated carbocycles. The van der Waals surface area contributed by atoms with Crippen molar-refractivity contribution in [1.29, 1.82) is 0 Å². The molecule has 22 heavy (non-hydrogen) atoms. The van der Waals surface area contributed by atoms with E-state index < -0.39 is 0 Å². The third-order valence-electron chi connectivity index (χ3n) is 3.77. The van der Waals surface area contributed by atoms with E-state index in [0.29, 0.717) is 0 Å². The van der Waals surface area contributed by atoms with E-state index in [0.717, 1.165) is 58.4 Å². The van der Waals surface area contributed by atoms with Crippen LogP contribution in [0.3, 0.4) is 0 Å². The molecule has 5 heteroatoms. The minimum Gasteiger partial charge on any atom is -0.381 e. The fraction of sp³-hybridized carbons (Fsp3) is 0.588. The van der Waals surface area contributed by atoms with Gasteiger partial charge in [0.05, 0.1) is 12.6 Å². The van der Waals surface area contributed by atoms with E-state index in [-0.39, 0.29) is 24.4 Å². The number of ether oxygens (including phenoxy) is 1. The van der Waals surface area contributed by atoms with Gasteiger partial charge in [-0.15, -0.1) is 12.4 Å². The predicted molar refractivity (Wildman–Crippen MR) is 91.5 cm³/mol. The molecule has 0 bridgehead atoms. The largest absolute Gasteiger partial charge is 0.381 e. The van der Waals surface area contributed by atoms with Crippen molar-refractivity contribution in [2.45, 2.75) is 38.1 Å². The number of benzene rings is 1. The lowest BCUT2D eigenvalue weighted by Crippen LogP contribution is -2.40. The van der Waals surface area contributed by atoms with Crippen molar-refractivity contribution in [2.75, 3.05) is 26.3 Å². The molecule has 1 aliphatic rings. The second-order valence-electron chi connectivity index (χ2n) is 5.50. The summed E-state index contributed by atoms with van der Waals surface area (Å²) in [5.41, 5.74) is 1.31. The second kappa shape index (κ2) is 11.5. The maximum absolute atomic E-state index is 11.7. The number of carbonyl (C=O) groups is 1. The summed E-state index contributed by atoms with van der Waals surface area (Å²) in [5, 5.41) is 6.19. The van der Waals surface area contributed by atoms with Gasteiger partial charge in [-0.2, -0.15) is 0 Å². The first-order valence-corrected chi connectivity index (χ1v) is 7.99. The van der Waals surface area contributed by atoms with E-state index in [9.17, 15) is 4.79 Å². The average molecular weight is 327 g/mol. The second-order valence-corrected chi connectivity index (χ2v) is 5.50. The van der Waals surface area contributed by atoms with Crippen LogP contribution < -0.4 is 10.6 Å². The SMILES string of the molecule is Cl.O=C(NCCCCOCCc1ccccc1)C1CCCN1. The molecule has 0 radical (unpaired) electrons. The zero-order valence-electron chi connectivity index (χ0n) is 13.1. The molecule has 1 aromatic carbocycles. The fourth-order valence-electron chi connectivity index (χ4n) is 2.51. The van der Waals surface area contributed by atoms with Crippen LogP contribution in [0.1, 0.15) is 31.2 Å². The standard InChI is InChI=1S/C17H26N2O2.ClH/c20-17(16-9-6-12-18-16)19-11-4-5-13-21-14-10-15-7-2-1-3-8-15;/h1-3,7-8,16,18H,4-6,9-14H2,(H,19,20);1H. The predicted octanol–water partition coefficient (Wildman–Crippen LogP) is 2.32. The Bertz CT molecular complexity index is 408. The molecule has 1 saturated heterocycles. The van der Waals surface area contributed by atoms with Crippen molar-refractivity contribution in [3.63, 3.8) is 0 Å². The van der Waals surface area contributed by atoms with Gasteiger partial charge in [0.1, 0.15) is 0 Å². The Labute approximate surface area is 139 Å². The van der Waals surface area contributed by atoms with Gasteiger partial charge in [0, 0.05) is 13.2 Å². The monoisotopic (exact) mass is 326 g/mol. The van der Waals surface area contributed by atoms with Crippen molar-refractivity contribution in [3.05, 3.63) is 35.9 Å². The Hall–Kier alpha value is -1.10. The Morgan fingerprint density at radius 3 is 2.77 bits per heavy atom. The first-order chi connectivity index (χ1) is 10.4. The average Bonchev–Trinajstić information content (AvgIpc) is 3.05. The summed E-state index contributed by atoms with van der Waals surface area (Å²) in [6, 6.07) is 10.4. The smallest absolute Gasteiger partial charge is 0.237 e. The third kappa shape index (κ3) is 7.25. The van der Waals surface area contributed by atoms with Gasteiger partial charge < -0.3 is 15.4 Å². The Morgan fingerprint density at radius 1 is 1.23 bits per heavy atom. The van der Waals surface area contributed by atoms with Gasteiger partial charge >= 0.3 is 0 Å². The molecule has 1 aromatic rings. The van der Waals surface area contributed by atoms with Crippen LogP contribution in [0.5, 0.6) is 0 Å². The number of nitrogens with one attached hydrogen (secondary N) is 2. The van der Waals surface area contributed by atoms with E-state index in [4.69, 9.17) is 4.74 Å². The van der Waals surface area contributed by atoms with E-state index in [1.54, 1.807) is 0 Å². The molecule has 1 heterocycles. The lowest BCUT2D eigenvalue weighted by atomic mass is 10.2. The van der Waals surface area contributed by atoms with Crippen LogP contribution in [0.15, 0.2) is 30.3 Å². The fourth-order valence-corrected chi connectivity index (χ4v) is 2.51. The summed E-state index contributed by atoms with van der Waals surface area (Å²) in [7, 11) is 0. The first kappa shape index (κ1) is 18.9. The molecule has 2 N–H and O–H groups in total. The Kier molecular flexibility index (Phi) is 9.87. The van der Waals surface area contributed by atoms with Crippen LogP contribution in [0, 0.1) is 0 Å². The molecule has 1 aliphatic heterocycles. The van der Waals surface area contributed by atoms with E-state index in [2.05, 4.69) is 34.9 Å². The van der Waals surface area contributed by atoms with Crippen LogP contribution >= 0.6 is 12.4 Å². The highest BCUT2D eigenvalue weighted by atomic mass is 35.5. The number of carbonyl (C=O) groups excluding carboxylic acids is 1. The molecule has 1 atom stereocenters. The topological polar surface area (TPSA) is 50.4 Å². The molecule has 1 fully saturated rings. The van der Waals surface area contributed by atoms with Crippen LogP contribution in [-0.4, -0.2) is 38.3 Å². The highest BCUT2D eigenvalue weighted by molar-refractivity contribution is 5.85. The minimum atomic E-state index is 0. The normalized spacial score (nSPS) is 17.0. The molecule has 0 aromatic heterocycles. The first-order valence-electron chi connectivity index (χ1n) is 7.99. The Morgan fingerprint density at radius 2 is 2.05 bits per heavy atom. The summed E-state index contributed by atoms with van der Waals surface area (Å²) >= 11 is 0. The van der Waals surface area contributed by atoms with Crippen molar-refractivity contribution in [1.82, 2.24) is 10.6 Å². The van der Waals surface area contributed by atoms with E-state index in [1.807, 2.05) is 6.07 Å². The lowest BCUT2D eigenvalue weighted by molar-refractivity contribution is -0.122. The molecule has 4 nitrogen and oxygen atoms in total. The summed E-state index contributed by atoms with van der Waals surface area (Å²) in [6.45, 7) is 3.25. The van der Waals surface area contributed by atoms with Crippen molar-refractivity contribution in [3.8, 4) is 0 Å². The lowest BCUT2D eigenvalue weighted by Gasteiger charge is -2.10. The molecule has 0 aliphatic carbocycles. The van der Waals surface area contributed by atoms with Gasteiger partial charge in [-0.25, -0.2) is 0 Å². The quantitative estimate of drug-likeness (QED) is 0.685. The zero-order chi connectivity index (χ0) is 14.8. The number of amides is 1. The minimum absolute atomic E-state index is 0. The zero-order valence-corrected chi connectivity index (χ0v) is 13.9. The number of rotatable bonds is 9. The maximum Gasteiger partial charge on any atom is 0.237 e. The summed E-state index contributed by atoms with van der Waals surface area (Å²) in [6.07, 6.45) is 5.00. The number of halogens is 1. The molecule has 2 rings (SSSR count). The third-order valence-corrected chi connectivity index (χ3v) is 3.77. The van der Waals surface area contributed by atoms with Gasteiger partial charge in [-0.1, -0.05) is 30.3 Å². The van der Waals surface area contributed by atoms with Crippen LogP contribution in [0.2, 0.25) is 0 Å². The highest BCUT2D eigenvalue weighted by Gasteiger charge is 2.20. The molecule has 1 unspecified atom stereocenters. The number of hydrogen-bond acceptors (Lipinski definition) is 3. The summed E-state index contributed by atoms with van der Waals surface area (Å²) in [5.74, 6) is 0.150. The highest BCUT2D eigenvalue weighted by Crippen LogP contribution is 2.04. The molecular formula is C17H27ClN2O2. The van der Waals surface area contributed by atoms with Crippen LogP contribution in [0.4, 0.5) is 0 Å². The van der Waals surface area contributed by atoms with Gasteiger partial charge in [-0.3, -0.25) is 4.79 Å². The van der Waals surface area contributed by atoms with Gasteiger partial charge in [0.25, 0.3) is 0 Å². The van der Waals surface area contributed by atoms with Crippen molar-refractivity contribution in [2.24, 2.45) is 0 Å². The number of unbranched alkanes of at least 4 members (excludes halogenated alkanes) is 1. The van der Waals surface area contributed by atoms with Crippen molar-refractivity contribution < 1.29 is 9.53 Å². The van der Waals surface area contributed by atoms with E-state index in [1.165, 1.54) is 5.56 Å². The van der Waals surface area contributed by atoms with Gasteiger partial charge in [0.2, 0.25) is 5.91 Å². The molecular weight excluding hydrogens is 300 g/mol. The van der Waals surface area contributed by atoms with Crippen molar-refractivity contribution >= 4 is 18.3 Å². The summed E-state index contributed by atoms with van der Waals surface area (Å²) < 4.78 is 5.62. The molecule has 0 spiro atoms. The molecule has 124 valence electrons. The Balaban J connectivity index is 0.00000242. The van der Waals surface area contributed by atoms with Crippen LogP contribution in [-0.2, 0) is 16.0 Å². The van der Waals surface area contributed by atoms with E-state index >= 15 is 0 Å². The summed E-state index contributed by atoms with van der Waals surface area (Å²) in [4.78, 5) is 11.7. The van der Waals surface area contributed by atoms with Gasteiger partial charge in [0.15, 0.2) is 0 Å². The van der Waals surface area contributed by atoms with Crippen LogP contribution in [0.25, 0.3) is 0 Å².